The molecule has 5 heterocycles. The third kappa shape index (κ3) is 4.31. The van der Waals surface area contributed by atoms with Crippen LogP contribution in [0.5, 0.6) is 11.8 Å². The van der Waals surface area contributed by atoms with E-state index in [1.165, 1.54) is 0 Å². The number of benzene rings is 2. The van der Waals surface area contributed by atoms with Gasteiger partial charge >= 0.3 is 6.01 Å². The van der Waals surface area contributed by atoms with Gasteiger partial charge in [-0.25, -0.2) is 4.39 Å². The monoisotopic (exact) mass is 570 g/mol. The molecule has 4 fully saturated rings. The van der Waals surface area contributed by atoms with Crippen LogP contribution in [0, 0.1) is 5.82 Å². The zero-order valence-electron chi connectivity index (χ0n) is 23.7. The molecule has 3 saturated heterocycles. The summed E-state index contributed by atoms with van der Waals surface area (Å²) < 4.78 is 24.9. The van der Waals surface area contributed by atoms with Gasteiger partial charge in [-0.1, -0.05) is 24.3 Å². The molecule has 3 atom stereocenters. The van der Waals surface area contributed by atoms with E-state index >= 15 is 4.39 Å². The highest BCUT2D eigenvalue weighted by atomic mass is 19.1. The van der Waals surface area contributed by atoms with Gasteiger partial charge in [0.25, 0.3) is 5.56 Å². The number of nitrogens with one attached hydrogen (secondary N) is 1. The van der Waals surface area contributed by atoms with Crippen LogP contribution in [0.15, 0.2) is 41.2 Å². The van der Waals surface area contributed by atoms with Gasteiger partial charge in [0.15, 0.2) is 5.82 Å². The summed E-state index contributed by atoms with van der Waals surface area (Å²) in [5, 5.41) is 16.0. The molecule has 0 spiro atoms. The van der Waals surface area contributed by atoms with E-state index in [0.29, 0.717) is 43.2 Å². The predicted molar refractivity (Wildman–Crippen MR) is 160 cm³/mol. The number of piperazine rings is 1. The Kier molecular flexibility index (Phi) is 6.12. The van der Waals surface area contributed by atoms with Crippen molar-refractivity contribution in [3.05, 3.63) is 52.6 Å². The second-order valence-electron chi connectivity index (χ2n) is 12.5. The third-order valence-electron chi connectivity index (χ3n) is 9.56. The number of anilines is 1. The maximum Gasteiger partial charge on any atom is 0.319 e. The standard InChI is InChI=1S/C32H35FN6O3/c1-37-12-4-6-22(37)17-42-32-35-28-26(30(36-32)38-15-19-8-9-20(16-38)34-19)31(41)39(21-10-11-21)29(27(28)33)25-14-23(40)13-18-5-2-3-7-24(18)25/h2-3,5,7,13-14,19-22,34,40H,4,6,8-12,15-17H2,1H3/t19?,20?,22-/m0/s1. The number of hydrogen-bond acceptors (Lipinski definition) is 8. The van der Waals surface area contributed by atoms with Crippen LogP contribution >= 0.6 is 0 Å². The Hall–Kier alpha value is -3.76. The molecule has 2 unspecified atom stereocenters. The SMILES string of the molecule is CN1CCC[C@H]1COc1nc(N2CC3CCC(C2)N3)c2c(=O)n(C3CC3)c(-c3cc(O)cc4ccccc34)c(F)c2n1. The Morgan fingerprint density at radius 1 is 1.07 bits per heavy atom. The van der Waals surface area contributed by atoms with Crippen LogP contribution in [0.1, 0.15) is 44.6 Å². The average molecular weight is 571 g/mol. The molecule has 1 saturated carbocycles. The number of likely N-dealkylation sites (N-methyl/N-ethyl adjacent to an activating group) is 1. The van der Waals surface area contributed by atoms with Crippen molar-refractivity contribution in [3.63, 3.8) is 0 Å². The number of halogens is 1. The molecule has 4 aliphatic rings. The van der Waals surface area contributed by atoms with E-state index in [0.717, 1.165) is 55.8 Å². The fourth-order valence-electron chi connectivity index (χ4n) is 7.27. The molecule has 3 aliphatic heterocycles. The quantitative estimate of drug-likeness (QED) is 0.356. The lowest BCUT2D eigenvalue weighted by Gasteiger charge is -2.34. The number of aromatic hydroxyl groups is 1. The molecule has 218 valence electrons. The van der Waals surface area contributed by atoms with E-state index in [9.17, 15) is 9.90 Å². The minimum absolute atomic E-state index is 0.0161. The highest BCUT2D eigenvalue weighted by Crippen LogP contribution is 2.43. The van der Waals surface area contributed by atoms with E-state index < -0.39 is 5.82 Å². The largest absolute Gasteiger partial charge is 0.508 e. The van der Waals surface area contributed by atoms with Crippen LogP contribution in [-0.2, 0) is 0 Å². The maximum absolute atomic E-state index is 17.1. The minimum atomic E-state index is -0.586. The fourth-order valence-corrected chi connectivity index (χ4v) is 7.27. The Morgan fingerprint density at radius 2 is 1.86 bits per heavy atom. The van der Waals surface area contributed by atoms with Crippen LogP contribution in [0.25, 0.3) is 32.9 Å². The molecule has 2 aromatic carbocycles. The molecule has 2 aromatic heterocycles. The number of ether oxygens (including phenoxy) is 1. The summed E-state index contributed by atoms with van der Waals surface area (Å²) in [6.45, 7) is 2.80. The number of aromatic nitrogens is 3. The highest BCUT2D eigenvalue weighted by molar-refractivity contribution is 6.00. The third-order valence-corrected chi connectivity index (χ3v) is 9.56. The molecular weight excluding hydrogens is 535 g/mol. The van der Waals surface area contributed by atoms with Gasteiger partial charge in [0.2, 0.25) is 0 Å². The van der Waals surface area contributed by atoms with Crippen LogP contribution < -0.4 is 20.5 Å². The zero-order valence-corrected chi connectivity index (χ0v) is 23.7. The maximum atomic E-state index is 17.1. The Labute approximate surface area is 242 Å². The predicted octanol–water partition coefficient (Wildman–Crippen LogP) is 4.20. The highest BCUT2D eigenvalue weighted by Gasteiger charge is 2.37. The van der Waals surface area contributed by atoms with Crippen molar-refractivity contribution in [2.75, 3.05) is 38.2 Å². The molecule has 9 nitrogen and oxygen atoms in total. The van der Waals surface area contributed by atoms with Gasteiger partial charge in [-0.2, -0.15) is 9.97 Å². The van der Waals surface area contributed by atoms with Gasteiger partial charge in [-0.15, -0.1) is 0 Å². The molecule has 10 heteroatoms. The first-order valence-corrected chi connectivity index (χ1v) is 15.2. The number of hydrogen-bond donors (Lipinski definition) is 2. The molecule has 42 heavy (non-hydrogen) atoms. The first-order valence-electron chi connectivity index (χ1n) is 15.2. The molecule has 8 rings (SSSR count). The van der Waals surface area contributed by atoms with Gasteiger partial charge in [0.05, 0.1) is 5.69 Å². The van der Waals surface area contributed by atoms with Gasteiger partial charge in [0.1, 0.15) is 29.1 Å². The van der Waals surface area contributed by atoms with Crippen LogP contribution in [0.4, 0.5) is 10.2 Å². The summed E-state index contributed by atoms with van der Waals surface area (Å²) >= 11 is 0. The normalized spacial score (nSPS) is 24.2. The first-order chi connectivity index (χ1) is 20.4. The molecule has 0 radical (unpaired) electrons. The van der Waals surface area contributed by atoms with E-state index in [1.807, 2.05) is 24.3 Å². The molecule has 1 aliphatic carbocycles. The minimum Gasteiger partial charge on any atom is -0.508 e. The lowest BCUT2D eigenvalue weighted by molar-refractivity contribution is 0.188. The van der Waals surface area contributed by atoms with E-state index in [1.54, 1.807) is 16.7 Å². The van der Waals surface area contributed by atoms with Crippen molar-refractivity contribution in [1.82, 2.24) is 24.8 Å². The second kappa shape index (κ2) is 9.91. The zero-order chi connectivity index (χ0) is 28.5. The Morgan fingerprint density at radius 3 is 2.60 bits per heavy atom. The first kappa shape index (κ1) is 25.9. The lowest BCUT2D eigenvalue weighted by Crippen LogP contribution is -2.51. The van der Waals surface area contributed by atoms with Gasteiger partial charge in [-0.3, -0.25) is 4.79 Å². The molecule has 4 aromatic rings. The van der Waals surface area contributed by atoms with E-state index in [4.69, 9.17) is 9.72 Å². The number of pyridine rings is 1. The number of nitrogens with zero attached hydrogens (tertiary/aromatic N) is 5. The number of phenolic OH excluding ortho intramolecular Hbond substituents is 1. The van der Waals surface area contributed by atoms with E-state index in [2.05, 4.69) is 27.1 Å². The Bertz CT molecular complexity index is 1760. The average Bonchev–Trinajstić information content (AvgIpc) is 3.66. The van der Waals surface area contributed by atoms with Crippen molar-refractivity contribution >= 4 is 27.5 Å². The van der Waals surface area contributed by atoms with Gasteiger partial charge in [0, 0.05) is 42.8 Å². The summed E-state index contributed by atoms with van der Waals surface area (Å²) in [4.78, 5) is 28.3. The van der Waals surface area contributed by atoms with Gasteiger partial charge in [-0.05, 0) is 75.0 Å². The van der Waals surface area contributed by atoms with Crippen molar-refractivity contribution in [3.8, 4) is 23.0 Å². The van der Waals surface area contributed by atoms with Gasteiger partial charge < -0.3 is 29.5 Å². The van der Waals surface area contributed by atoms with Crippen molar-refractivity contribution in [2.24, 2.45) is 0 Å². The van der Waals surface area contributed by atoms with Crippen LogP contribution in [0.3, 0.4) is 0 Å². The number of phenols is 1. The summed E-state index contributed by atoms with van der Waals surface area (Å²) in [6, 6.07) is 11.6. The van der Waals surface area contributed by atoms with Crippen molar-refractivity contribution in [2.45, 2.75) is 62.7 Å². The number of fused-ring (bicyclic) bond motifs is 4. The number of likely N-dealkylation sites (tertiary alicyclic amines) is 1. The molecule has 2 N–H and O–H groups in total. The van der Waals surface area contributed by atoms with Crippen molar-refractivity contribution in [1.29, 1.82) is 0 Å². The summed E-state index contributed by atoms with van der Waals surface area (Å²) in [5.74, 6) is -0.113. The summed E-state index contributed by atoms with van der Waals surface area (Å²) in [5.41, 5.74) is 0.322. The molecular formula is C32H35FN6O3. The van der Waals surface area contributed by atoms with Crippen LogP contribution in [-0.4, -0.2) is 76.0 Å². The summed E-state index contributed by atoms with van der Waals surface area (Å²) in [6.07, 6.45) is 5.84. The smallest absolute Gasteiger partial charge is 0.319 e. The topological polar surface area (TPSA) is 95.8 Å². The Balaban J connectivity index is 1.36. The molecule has 2 bridgehead atoms. The van der Waals surface area contributed by atoms with Crippen LogP contribution in [0.2, 0.25) is 0 Å². The number of rotatable bonds is 6. The molecule has 0 amide bonds. The lowest BCUT2D eigenvalue weighted by atomic mass is 9.99. The second-order valence-corrected chi connectivity index (χ2v) is 12.5. The summed E-state index contributed by atoms with van der Waals surface area (Å²) in [7, 11) is 2.08. The fraction of sp³-hybridized carbons (Fsp3) is 0.469. The van der Waals surface area contributed by atoms with Crippen molar-refractivity contribution < 1.29 is 14.2 Å². The van der Waals surface area contributed by atoms with E-state index in [-0.39, 0.29) is 46.0 Å².